The second-order valence-corrected chi connectivity index (χ2v) is 9.67. The molecule has 0 radical (unpaired) electrons. The third kappa shape index (κ3) is 5.16. The lowest BCUT2D eigenvalue weighted by atomic mass is 9.93. The number of esters is 1. The summed E-state index contributed by atoms with van der Waals surface area (Å²) in [4.78, 5) is 25.1. The van der Waals surface area contributed by atoms with Gasteiger partial charge in [0.15, 0.2) is 9.84 Å². The predicted molar refractivity (Wildman–Crippen MR) is 117 cm³/mol. The van der Waals surface area contributed by atoms with E-state index in [0.717, 1.165) is 29.8 Å². The van der Waals surface area contributed by atoms with Crippen LogP contribution < -0.4 is 10.6 Å². The second-order valence-electron chi connectivity index (χ2n) is 7.68. The molecule has 9 heteroatoms. The summed E-state index contributed by atoms with van der Waals surface area (Å²) in [5, 5.41) is 5.13. The molecule has 1 atom stereocenters. The van der Waals surface area contributed by atoms with E-state index in [-0.39, 0.29) is 22.8 Å². The summed E-state index contributed by atoms with van der Waals surface area (Å²) in [5.74, 6) is -1.67. The van der Waals surface area contributed by atoms with Crippen LogP contribution in [0, 0.1) is 5.82 Å². The number of hydrogen-bond acceptors (Lipinski definition) is 5. The molecule has 2 aromatic rings. The number of carbonyl (C=O) groups is 2. The molecule has 0 bridgehead atoms. The molecule has 0 fully saturated rings. The average Bonchev–Trinajstić information content (AvgIpc) is 2.73. The van der Waals surface area contributed by atoms with Crippen molar-refractivity contribution >= 4 is 21.8 Å². The Balaban J connectivity index is 2.07. The molecular weight excluding hydrogens is 435 g/mol. The standard InChI is InChI=1S/C23H25FN2O5S/c1-4-31-22(27)20-19(13-32(29,30)18-11-9-17(24)10-12-18)25-23(28)26-21(20)16-7-5-15(6-8-16)14(2)3/h5-12,14,21H,4,13H2,1-3H3,(H2,25,26,28). The molecule has 0 saturated carbocycles. The van der Waals surface area contributed by atoms with E-state index >= 15 is 0 Å². The van der Waals surface area contributed by atoms with Gasteiger partial charge in [-0.1, -0.05) is 38.1 Å². The van der Waals surface area contributed by atoms with E-state index in [1.807, 2.05) is 26.0 Å². The van der Waals surface area contributed by atoms with Gasteiger partial charge in [-0.25, -0.2) is 22.4 Å². The normalized spacial score (nSPS) is 16.5. The van der Waals surface area contributed by atoms with E-state index in [9.17, 15) is 22.4 Å². The zero-order chi connectivity index (χ0) is 23.5. The van der Waals surface area contributed by atoms with Gasteiger partial charge in [0.1, 0.15) is 5.82 Å². The SMILES string of the molecule is CCOC(=O)C1=C(CS(=O)(=O)c2ccc(F)cc2)NC(=O)NC1c1ccc(C(C)C)cc1. The fourth-order valence-corrected chi connectivity index (χ4v) is 4.75. The van der Waals surface area contributed by atoms with Crippen molar-refractivity contribution in [3.8, 4) is 0 Å². The molecule has 0 saturated heterocycles. The summed E-state index contributed by atoms with van der Waals surface area (Å²) < 4.78 is 44.2. The minimum absolute atomic E-state index is 0.00873. The summed E-state index contributed by atoms with van der Waals surface area (Å²) in [5.41, 5.74) is 1.63. The molecule has 3 rings (SSSR count). The van der Waals surface area contributed by atoms with E-state index in [1.165, 1.54) is 0 Å². The fraction of sp³-hybridized carbons (Fsp3) is 0.304. The highest BCUT2D eigenvalue weighted by Crippen LogP contribution is 2.30. The maximum absolute atomic E-state index is 13.2. The molecule has 0 spiro atoms. The molecular formula is C23H25FN2O5S. The molecule has 1 heterocycles. The van der Waals surface area contributed by atoms with Crippen LogP contribution in [0.2, 0.25) is 0 Å². The molecule has 32 heavy (non-hydrogen) atoms. The van der Waals surface area contributed by atoms with Crippen LogP contribution in [0.1, 0.15) is 43.9 Å². The number of halogens is 1. The van der Waals surface area contributed by atoms with Gasteiger partial charge in [-0.2, -0.15) is 0 Å². The van der Waals surface area contributed by atoms with Crippen molar-refractivity contribution in [1.29, 1.82) is 0 Å². The van der Waals surface area contributed by atoms with Crippen molar-refractivity contribution < 1.29 is 27.1 Å². The molecule has 1 unspecified atom stereocenters. The lowest BCUT2D eigenvalue weighted by molar-refractivity contribution is -0.139. The maximum atomic E-state index is 13.2. The predicted octanol–water partition coefficient (Wildman–Crippen LogP) is 3.59. The molecule has 2 N–H and O–H groups in total. The summed E-state index contributed by atoms with van der Waals surface area (Å²) in [6, 6.07) is 10.2. The molecule has 1 aliphatic heterocycles. The molecule has 1 aliphatic rings. The highest BCUT2D eigenvalue weighted by Gasteiger charge is 2.35. The zero-order valence-electron chi connectivity index (χ0n) is 18.0. The first-order valence-electron chi connectivity index (χ1n) is 10.2. The van der Waals surface area contributed by atoms with Crippen LogP contribution in [0.3, 0.4) is 0 Å². The van der Waals surface area contributed by atoms with Crippen molar-refractivity contribution in [2.24, 2.45) is 0 Å². The van der Waals surface area contributed by atoms with Gasteiger partial charge in [-0.15, -0.1) is 0 Å². The van der Waals surface area contributed by atoms with Gasteiger partial charge in [0.05, 0.1) is 28.9 Å². The van der Waals surface area contributed by atoms with Crippen LogP contribution in [0.4, 0.5) is 9.18 Å². The van der Waals surface area contributed by atoms with E-state index in [4.69, 9.17) is 4.74 Å². The minimum atomic E-state index is -3.98. The maximum Gasteiger partial charge on any atom is 0.338 e. The highest BCUT2D eigenvalue weighted by atomic mass is 32.2. The van der Waals surface area contributed by atoms with Gasteiger partial charge in [0.25, 0.3) is 0 Å². The summed E-state index contributed by atoms with van der Waals surface area (Å²) >= 11 is 0. The number of urea groups is 1. The average molecular weight is 461 g/mol. The Kier molecular flexibility index (Phi) is 6.98. The van der Waals surface area contributed by atoms with Gasteiger partial charge >= 0.3 is 12.0 Å². The number of hydrogen-bond donors (Lipinski definition) is 2. The topological polar surface area (TPSA) is 102 Å². The Morgan fingerprint density at radius 1 is 1.09 bits per heavy atom. The first-order chi connectivity index (χ1) is 15.1. The van der Waals surface area contributed by atoms with Gasteiger partial charge in [-0.3, -0.25) is 0 Å². The van der Waals surface area contributed by atoms with Crippen LogP contribution in [0.25, 0.3) is 0 Å². The van der Waals surface area contributed by atoms with E-state index < -0.39 is 39.4 Å². The van der Waals surface area contributed by atoms with Gasteiger partial charge in [0.2, 0.25) is 0 Å². The van der Waals surface area contributed by atoms with Crippen molar-refractivity contribution in [2.45, 2.75) is 37.6 Å². The number of ether oxygens (including phenoxy) is 1. The van der Waals surface area contributed by atoms with Crippen LogP contribution in [-0.2, 0) is 19.4 Å². The summed E-state index contributed by atoms with van der Waals surface area (Å²) in [6.07, 6.45) is 0. The lowest BCUT2D eigenvalue weighted by Gasteiger charge is -2.29. The fourth-order valence-electron chi connectivity index (χ4n) is 3.42. The highest BCUT2D eigenvalue weighted by molar-refractivity contribution is 7.91. The molecule has 0 aliphatic carbocycles. The first-order valence-corrected chi connectivity index (χ1v) is 11.8. The van der Waals surface area contributed by atoms with Crippen LogP contribution >= 0.6 is 0 Å². The zero-order valence-corrected chi connectivity index (χ0v) is 18.8. The van der Waals surface area contributed by atoms with Crippen molar-refractivity contribution in [1.82, 2.24) is 10.6 Å². The van der Waals surface area contributed by atoms with Gasteiger partial charge in [0, 0.05) is 5.70 Å². The van der Waals surface area contributed by atoms with Gasteiger partial charge < -0.3 is 15.4 Å². The number of carbonyl (C=O) groups excluding carboxylic acids is 2. The lowest BCUT2D eigenvalue weighted by Crippen LogP contribution is -2.47. The quantitative estimate of drug-likeness (QED) is 0.486. The van der Waals surface area contributed by atoms with E-state index in [0.29, 0.717) is 11.5 Å². The van der Waals surface area contributed by atoms with Crippen molar-refractivity contribution in [2.75, 3.05) is 12.4 Å². The van der Waals surface area contributed by atoms with Crippen molar-refractivity contribution in [3.05, 3.63) is 76.7 Å². The number of nitrogens with one attached hydrogen (secondary N) is 2. The van der Waals surface area contributed by atoms with Gasteiger partial charge in [-0.05, 0) is 48.2 Å². The Bertz CT molecular complexity index is 1140. The first kappa shape index (κ1) is 23.5. The van der Waals surface area contributed by atoms with Crippen LogP contribution in [0.15, 0.2) is 64.7 Å². The Labute approximate surface area is 186 Å². The summed E-state index contributed by atoms with van der Waals surface area (Å²) in [6.45, 7) is 5.80. The number of amides is 2. The molecule has 170 valence electrons. The van der Waals surface area contributed by atoms with E-state index in [2.05, 4.69) is 10.6 Å². The Morgan fingerprint density at radius 2 is 1.72 bits per heavy atom. The molecule has 2 amide bonds. The van der Waals surface area contributed by atoms with Crippen LogP contribution in [0.5, 0.6) is 0 Å². The second kappa shape index (κ2) is 9.52. The molecule has 0 aromatic heterocycles. The Morgan fingerprint density at radius 3 is 2.28 bits per heavy atom. The molecule has 2 aromatic carbocycles. The third-order valence-corrected chi connectivity index (χ3v) is 6.75. The monoisotopic (exact) mass is 460 g/mol. The minimum Gasteiger partial charge on any atom is -0.463 e. The van der Waals surface area contributed by atoms with Crippen molar-refractivity contribution in [3.63, 3.8) is 0 Å². The number of sulfone groups is 1. The number of benzene rings is 2. The molecule has 7 nitrogen and oxygen atoms in total. The summed E-state index contributed by atoms with van der Waals surface area (Å²) in [7, 11) is -3.98. The third-order valence-electron chi connectivity index (χ3n) is 5.09. The Hall–Kier alpha value is -3.20. The number of rotatable bonds is 7. The smallest absolute Gasteiger partial charge is 0.338 e. The van der Waals surface area contributed by atoms with E-state index in [1.54, 1.807) is 19.1 Å². The van der Waals surface area contributed by atoms with Crippen LogP contribution in [-0.4, -0.2) is 32.8 Å². The largest absolute Gasteiger partial charge is 0.463 e.